The quantitative estimate of drug-likeness (QED) is 0.825. The van der Waals surface area contributed by atoms with Crippen molar-refractivity contribution in [3.63, 3.8) is 0 Å². The molecule has 3 heterocycles. The van der Waals surface area contributed by atoms with Crippen LogP contribution >= 0.6 is 0 Å². The van der Waals surface area contributed by atoms with Crippen LogP contribution in [0.3, 0.4) is 0 Å². The van der Waals surface area contributed by atoms with Gasteiger partial charge in [-0.05, 0) is 32.9 Å². The van der Waals surface area contributed by atoms with Crippen molar-refractivity contribution in [3.8, 4) is 0 Å². The first-order valence-corrected chi connectivity index (χ1v) is 7.43. The highest BCUT2D eigenvalue weighted by Crippen LogP contribution is 2.17. The summed E-state index contributed by atoms with van der Waals surface area (Å²) in [6.07, 6.45) is 7.70. The summed E-state index contributed by atoms with van der Waals surface area (Å²) in [6, 6.07) is 0.345. The highest BCUT2D eigenvalue weighted by Gasteiger charge is 2.19. The molecular formula is C14H20N6O. The van der Waals surface area contributed by atoms with Crippen LogP contribution in [0.25, 0.3) is 0 Å². The maximum atomic E-state index is 12.3. The Balaban J connectivity index is 1.69. The van der Waals surface area contributed by atoms with E-state index in [1.165, 1.54) is 0 Å². The second-order valence-electron chi connectivity index (χ2n) is 5.29. The zero-order chi connectivity index (χ0) is 14.7. The first kappa shape index (κ1) is 13.9. The minimum absolute atomic E-state index is 0.0314. The molecule has 0 saturated carbocycles. The number of aryl methyl sites for hydroxylation is 1. The second kappa shape index (κ2) is 6.17. The number of hydrogen-bond donors (Lipinski definition) is 1. The first-order chi connectivity index (χ1) is 10.3. The van der Waals surface area contributed by atoms with Crippen molar-refractivity contribution in [3.05, 3.63) is 30.1 Å². The smallest absolute Gasteiger partial charge is 0.192 e. The highest BCUT2D eigenvalue weighted by atomic mass is 16.1. The number of imidazole rings is 1. The molecule has 7 heteroatoms. The Kier molecular flexibility index (Phi) is 4.10. The van der Waals surface area contributed by atoms with Gasteiger partial charge in [0.15, 0.2) is 5.78 Å². The van der Waals surface area contributed by atoms with Crippen LogP contribution in [-0.2, 0) is 13.0 Å². The molecule has 0 bridgehead atoms. The van der Waals surface area contributed by atoms with Crippen molar-refractivity contribution in [2.24, 2.45) is 0 Å². The number of Topliss-reactive ketones (excluding diaryl/α,β-unsaturated/α-hetero) is 1. The molecule has 0 aromatic carbocycles. The van der Waals surface area contributed by atoms with Crippen molar-refractivity contribution < 1.29 is 4.79 Å². The van der Waals surface area contributed by atoms with Crippen molar-refractivity contribution in [2.45, 2.75) is 38.8 Å². The Labute approximate surface area is 123 Å². The van der Waals surface area contributed by atoms with Crippen LogP contribution in [0.2, 0.25) is 0 Å². The molecular weight excluding hydrogens is 268 g/mol. The fourth-order valence-electron chi connectivity index (χ4n) is 2.68. The molecule has 0 aliphatic carbocycles. The molecule has 21 heavy (non-hydrogen) atoms. The monoisotopic (exact) mass is 288 g/mol. The summed E-state index contributed by atoms with van der Waals surface area (Å²) in [5.74, 6) is 0.745. The molecule has 0 atom stereocenters. The van der Waals surface area contributed by atoms with Crippen LogP contribution < -0.4 is 5.32 Å². The SMILES string of the molecule is CCn1ccnc1CC(=O)c1cn(C2CCNCC2)nn1. The van der Waals surface area contributed by atoms with Gasteiger partial charge in [-0.1, -0.05) is 5.21 Å². The van der Waals surface area contributed by atoms with E-state index in [0.717, 1.165) is 38.3 Å². The summed E-state index contributed by atoms with van der Waals surface area (Å²) in [5.41, 5.74) is 0.430. The fraction of sp³-hybridized carbons (Fsp3) is 0.571. The number of carbonyl (C=O) groups excluding carboxylic acids is 1. The summed E-state index contributed by atoms with van der Waals surface area (Å²) in [6.45, 7) is 4.82. The van der Waals surface area contributed by atoms with Gasteiger partial charge in [0.2, 0.25) is 0 Å². The maximum absolute atomic E-state index is 12.3. The van der Waals surface area contributed by atoms with E-state index in [2.05, 4.69) is 20.6 Å². The average molecular weight is 288 g/mol. The van der Waals surface area contributed by atoms with E-state index in [1.54, 1.807) is 12.4 Å². The van der Waals surface area contributed by atoms with Gasteiger partial charge in [-0.3, -0.25) is 4.79 Å². The van der Waals surface area contributed by atoms with Crippen LogP contribution in [0, 0.1) is 0 Å². The van der Waals surface area contributed by atoms with Gasteiger partial charge in [0.25, 0.3) is 0 Å². The maximum Gasteiger partial charge on any atom is 0.192 e. The van der Waals surface area contributed by atoms with Gasteiger partial charge in [0, 0.05) is 18.9 Å². The Morgan fingerprint density at radius 3 is 3.00 bits per heavy atom. The highest BCUT2D eigenvalue weighted by molar-refractivity contribution is 5.95. The number of nitrogens with one attached hydrogen (secondary N) is 1. The zero-order valence-electron chi connectivity index (χ0n) is 12.2. The summed E-state index contributed by atoms with van der Waals surface area (Å²) in [7, 11) is 0. The van der Waals surface area contributed by atoms with Gasteiger partial charge in [0.1, 0.15) is 11.5 Å². The second-order valence-corrected chi connectivity index (χ2v) is 5.29. The lowest BCUT2D eigenvalue weighted by molar-refractivity contribution is 0.0985. The van der Waals surface area contributed by atoms with E-state index in [1.807, 2.05) is 22.4 Å². The third kappa shape index (κ3) is 3.02. The first-order valence-electron chi connectivity index (χ1n) is 7.43. The van der Waals surface area contributed by atoms with Gasteiger partial charge in [-0.15, -0.1) is 5.10 Å². The Morgan fingerprint density at radius 2 is 2.24 bits per heavy atom. The molecule has 0 spiro atoms. The topological polar surface area (TPSA) is 77.6 Å². The van der Waals surface area contributed by atoms with Gasteiger partial charge >= 0.3 is 0 Å². The summed E-state index contributed by atoms with van der Waals surface area (Å²) >= 11 is 0. The number of carbonyl (C=O) groups is 1. The molecule has 1 saturated heterocycles. The molecule has 0 radical (unpaired) electrons. The van der Waals surface area contributed by atoms with E-state index in [9.17, 15) is 4.79 Å². The predicted molar refractivity (Wildman–Crippen MR) is 77.1 cm³/mol. The van der Waals surface area contributed by atoms with E-state index < -0.39 is 0 Å². The van der Waals surface area contributed by atoms with Gasteiger partial charge < -0.3 is 9.88 Å². The molecule has 0 unspecified atom stereocenters. The molecule has 2 aromatic heterocycles. The fourth-order valence-corrected chi connectivity index (χ4v) is 2.68. The Hall–Kier alpha value is -2.02. The molecule has 3 rings (SSSR count). The van der Waals surface area contributed by atoms with E-state index in [-0.39, 0.29) is 12.2 Å². The normalized spacial score (nSPS) is 16.2. The number of piperidine rings is 1. The van der Waals surface area contributed by atoms with Gasteiger partial charge in [-0.25, -0.2) is 9.67 Å². The minimum atomic E-state index is -0.0314. The van der Waals surface area contributed by atoms with Gasteiger partial charge in [0.05, 0.1) is 18.7 Å². The van der Waals surface area contributed by atoms with Crippen LogP contribution in [0.4, 0.5) is 0 Å². The average Bonchev–Trinajstić information content (AvgIpc) is 3.17. The lowest BCUT2D eigenvalue weighted by atomic mass is 10.1. The molecule has 1 aliphatic heterocycles. The summed E-state index contributed by atoms with van der Waals surface area (Å²) in [5, 5.41) is 11.5. The molecule has 1 aliphatic rings. The molecule has 2 aromatic rings. The zero-order valence-corrected chi connectivity index (χ0v) is 12.2. The molecule has 1 fully saturated rings. The molecule has 1 N–H and O–H groups in total. The lowest BCUT2D eigenvalue weighted by Gasteiger charge is -2.22. The summed E-state index contributed by atoms with van der Waals surface area (Å²) in [4.78, 5) is 16.5. The van der Waals surface area contributed by atoms with Crippen molar-refractivity contribution in [2.75, 3.05) is 13.1 Å². The van der Waals surface area contributed by atoms with E-state index in [0.29, 0.717) is 11.7 Å². The lowest BCUT2D eigenvalue weighted by Crippen LogP contribution is -2.29. The standard InChI is InChI=1S/C14H20N6O/c1-2-19-8-7-16-14(19)9-13(21)12-10-20(18-17-12)11-3-5-15-6-4-11/h7-8,10-11,15H,2-6,9H2,1H3. The largest absolute Gasteiger partial charge is 0.335 e. The Bertz CT molecular complexity index is 611. The van der Waals surface area contributed by atoms with E-state index in [4.69, 9.17) is 0 Å². The Morgan fingerprint density at radius 1 is 1.43 bits per heavy atom. The number of hydrogen-bond acceptors (Lipinski definition) is 5. The number of ketones is 1. The van der Waals surface area contributed by atoms with Crippen molar-refractivity contribution in [1.29, 1.82) is 0 Å². The minimum Gasteiger partial charge on any atom is -0.335 e. The summed E-state index contributed by atoms with van der Waals surface area (Å²) < 4.78 is 3.80. The predicted octanol–water partition coefficient (Wildman–Crippen LogP) is 0.844. The third-order valence-electron chi connectivity index (χ3n) is 3.94. The van der Waals surface area contributed by atoms with Crippen LogP contribution in [0.5, 0.6) is 0 Å². The van der Waals surface area contributed by atoms with Gasteiger partial charge in [-0.2, -0.15) is 0 Å². The van der Waals surface area contributed by atoms with Crippen molar-refractivity contribution >= 4 is 5.78 Å². The van der Waals surface area contributed by atoms with Crippen molar-refractivity contribution in [1.82, 2.24) is 29.9 Å². The van der Waals surface area contributed by atoms with E-state index >= 15 is 0 Å². The number of nitrogens with zero attached hydrogens (tertiary/aromatic N) is 5. The number of aromatic nitrogens is 5. The van der Waals surface area contributed by atoms with Crippen LogP contribution in [0.15, 0.2) is 18.6 Å². The molecule has 0 amide bonds. The third-order valence-corrected chi connectivity index (χ3v) is 3.94. The molecule has 7 nitrogen and oxygen atoms in total. The van der Waals surface area contributed by atoms with Crippen LogP contribution in [0.1, 0.15) is 42.1 Å². The number of rotatable bonds is 5. The molecule has 112 valence electrons. The van der Waals surface area contributed by atoms with Crippen LogP contribution in [-0.4, -0.2) is 43.4 Å².